The van der Waals surface area contributed by atoms with Gasteiger partial charge in [0.25, 0.3) is 0 Å². The summed E-state index contributed by atoms with van der Waals surface area (Å²) in [6.45, 7) is 8.37. The summed E-state index contributed by atoms with van der Waals surface area (Å²) < 4.78 is 4.98. The molecule has 126 valence electrons. The zero-order chi connectivity index (χ0) is 16.8. The number of ether oxygens (including phenoxy) is 1. The van der Waals surface area contributed by atoms with Crippen molar-refractivity contribution in [1.29, 1.82) is 0 Å². The topological polar surface area (TPSA) is 61.9 Å². The average molecular weight is 319 g/mol. The molecule has 23 heavy (non-hydrogen) atoms. The molecule has 0 bridgehead atoms. The van der Waals surface area contributed by atoms with Gasteiger partial charge in [0, 0.05) is 31.9 Å². The zero-order valence-corrected chi connectivity index (χ0v) is 14.0. The van der Waals surface area contributed by atoms with Crippen LogP contribution in [0.25, 0.3) is 0 Å². The molecule has 1 heterocycles. The summed E-state index contributed by atoms with van der Waals surface area (Å²) >= 11 is 0. The van der Waals surface area contributed by atoms with Gasteiger partial charge in [-0.05, 0) is 24.5 Å². The Balaban J connectivity index is 1.92. The van der Waals surface area contributed by atoms with Gasteiger partial charge >= 0.3 is 12.1 Å². The van der Waals surface area contributed by atoms with Crippen LogP contribution in [0.5, 0.6) is 0 Å². The normalized spacial score (nSPS) is 14.8. The lowest BCUT2D eigenvalue weighted by molar-refractivity contribution is 0.0868. The van der Waals surface area contributed by atoms with Gasteiger partial charge in [0.1, 0.15) is 0 Å². The second kappa shape index (κ2) is 7.85. The smallest absolute Gasteiger partial charge is 0.409 e. The van der Waals surface area contributed by atoms with E-state index in [0.717, 1.165) is 11.3 Å². The molecule has 1 aromatic rings. The summed E-state index contributed by atoms with van der Waals surface area (Å²) in [6.07, 6.45) is -0.308. The number of nitrogens with zero attached hydrogens (tertiary/aromatic N) is 2. The lowest BCUT2D eigenvalue weighted by Gasteiger charge is -2.34. The molecule has 0 aromatic heterocycles. The van der Waals surface area contributed by atoms with Crippen LogP contribution in [-0.2, 0) is 4.74 Å². The number of benzene rings is 1. The summed E-state index contributed by atoms with van der Waals surface area (Å²) in [5.41, 5.74) is 1.96. The highest BCUT2D eigenvalue weighted by Crippen LogP contribution is 2.24. The molecule has 1 saturated heterocycles. The van der Waals surface area contributed by atoms with Gasteiger partial charge in [0.05, 0.1) is 6.61 Å². The maximum atomic E-state index is 12.4. The van der Waals surface area contributed by atoms with Gasteiger partial charge in [-0.2, -0.15) is 0 Å². The number of para-hydroxylation sites is 1. The van der Waals surface area contributed by atoms with E-state index in [2.05, 4.69) is 19.2 Å². The van der Waals surface area contributed by atoms with Crippen molar-refractivity contribution in [3.05, 3.63) is 29.8 Å². The largest absolute Gasteiger partial charge is 0.450 e. The minimum Gasteiger partial charge on any atom is -0.450 e. The Morgan fingerprint density at radius 1 is 1.13 bits per heavy atom. The maximum absolute atomic E-state index is 12.4. The van der Waals surface area contributed by atoms with Crippen LogP contribution in [0.4, 0.5) is 15.3 Å². The number of urea groups is 1. The number of piperazine rings is 1. The molecule has 3 amide bonds. The Hall–Kier alpha value is -2.24. The Morgan fingerprint density at radius 3 is 2.35 bits per heavy atom. The minimum absolute atomic E-state index is 0.124. The molecule has 0 spiro atoms. The van der Waals surface area contributed by atoms with Gasteiger partial charge in [0.2, 0.25) is 0 Å². The van der Waals surface area contributed by atoms with Crippen molar-refractivity contribution in [2.75, 3.05) is 38.1 Å². The molecule has 0 unspecified atom stereocenters. The molecule has 0 saturated carbocycles. The zero-order valence-electron chi connectivity index (χ0n) is 14.0. The molecule has 1 N–H and O–H groups in total. The molecule has 6 nitrogen and oxygen atoms in total. The standard InChI is InChI=1S/C17H25N3O3/c1-4-23-17(22)20-11-9-19(10-12-20)16(21)18-15-8-6-5-7-14(15)13(2)3/h5-8,13H,4,9-12H2,1-3H3,(H,18,21). The summed E-state index contributed by atoms with van der Waals surface area (Å²) in [6, 6.07) is 7.71. The first-order valence-electron chi connectivity index (χ1n) is 8.09. The van der Waals surface area contributed by atoms with Crippen molar-refractivity contribution in [3.8, 4) is 0 Å². The second-order valence-electron chi connectivity index (χ2n) is 5.85. The first kappa shape index (κ1) is 17.1. The van der Waals surface area contributed by atoms with Gasteiger partial charge in [0.15, 0.2) is 0 Å². The summed E-state index contributed by atoms with van der Waals surface area (Å²) in [7, 11) is 0. The highest BCUT2D eigenvalue weighted by Gasteiger charge is 2.25. The number of rotatable bonds is 3. The monoisotopic (exact) mass is 319 g/mol. The predicted molar refractivity (Wildman–Crippen MR) is 89.7 cm³/mol. The minimum atomic E-state index is -0.308. The Bertz CT molecular complexity index is 552. The van der Waals surface area contributed by atoms with Gasteiger partial charge < -0.3 is 19.9 Å². The first-order chi connectivity index (χ1) is 11.0. The van der Waals surface area contributed by atoms with E-state index in [1.54, 1.807) is 16.7 Å². The SMILES string of the molecule is CCOC(=O)N1CCN(C(=O)Nc2ccccc2C(C)C)CC1. The third-order valence-electron chi connectivity index (χ3n) is 3.92. The van der Waals surface area contributed by atoms with Crippen LogP contribution in [-0.4, -0.2) is 54.7 Å². The van der Waals surface area contributed by atoms with Crippen LogP contribution in [0.2, 0.25) is 0 Å². The molecule has 0 aliphatic carbocycles. The van der Waals surface area contributed by atoms with Crippen molar-refractivity contribution in [3.63, 3.8) is 0 Å². The average Bonchev–Trinajstić information content (AvgIpc) is 2.55. The van der Waals surface area contributed by atoms with Crippen LogP contribution >= 0.6 is 0 Å². The van der Waals surface area contributed by atoms with Crippen molar-refractivity contribution < 1.29 is 14.3 Å². The Morgan fingerprint density at radius 2 is 1.74 bits per heavy atom. The van der Waals surface area contributed by atoms with E-state index >= 15 is 0 Å². The van der Waals surface area contributed by atoms with Crippen molar-refractivity contribution in [2.45, 2.75) is 26.7 Å². The van der Waals surface area contributed by atoms with Gasteiger partial charge in [-0.25, -0.2) is 9.59 Å². The molecule has 1 aliphatic rings. The summed E-state index contributed by atoms with van der Waals surface area (Å²) in [5, 5.41) is 2.98. The Kier molecular flexibility index (Phi) is 5.84. The number of nitrogens with one attached hydrogen (secondary N) is 1. The highest BCUT2D eigenvalue weighted by atomic mass is 16.6. The highest BCUT2D eigenvalue weighted by molar-refractivity contribution is 5.90. The molecule has 1 aliphatic heterocycles. The van der Waals surface area contributed by atoms with Gasteiger partial charge in [-0.15, -0.1) is 0 Å². The fourth-order valence-electron chi connectivity index (χ4n) is 2.62. The van der Waals surface area contributed by atoms with Crippen LogP contribution < -0.4 is 5.32 Å². The van der Waals surface area contributed by atoms with E-state index < -0.39 is 0 Å². The number of carbonyl (C=O) groups is 2. The van der Waals surface area contributed by atoms with Crippen LogP contribution in [0, 0.1) is 0 Å². The van der Waals surface area contributed by atoms with Crippen molar-refractivity contribution >= 4 is 17.8 Å². The fourth-order valence-corrected chi connectivity index (χ4v) is 2.62. The number of anilines is 1. The van der Waals surface area contributed by atoms with Gasteiger partial charge in [-0.3, -0.25) is 0 Å². The van der Waals surface area contributed by atoms with Gasteiger partial charge in [-0.1, -0.05) is 32.0 Å². The molecular formula is C17H25N3O3. The number of carbonyl (C=O) groups excluding carboxylic acids is 2. The third kappa shape index (κ3) is 4.37. The second-order valence-corrected chi connectivity index (χ2v) is 5.85. The van der Waals surface area contributed by atoms with E-state index in [1.807, 2.05) is 24.3 Å². The quantitative estimate of drug-likeness (QED) is 0.931. The van der Waals surface area contributed by atoms with Crippen LogP contribution in [0.15, 0.2) is 24.3 Å². The van der Waals surface area contributed by atoms with Crippen LogP contribution in [0.3, 0.4) is 0 Å². The van der Waals surface area contributed by atoms with E-state index in [-0.39, 0.29) is 12.1 Å². The van der Waals surface area contributed by atoms with Crippen molar-refractivity contribution in [2.24, 2.45) is 0 Å². The molecule has 0 atom stereocenters. The third-order valence-corrected chi connectivity index (χ3v) is 3.92. The van der Waals surface area contributed by atoms with E-state index in [1.165, 1.54) is 0 Å². The molecule has 0 radical (unpaired) electrons. The maximum Gasteiger partial charge on any atom is 0.409 e. The molecule has 6 heteroatoms. The van der Waals surface area contributed by atoms with E-state index in [9.17, 15) is 9.59 Å². The molecule has 2 rings (SSSR count). The molecule has 1 fully saturated rings. The number of hydrogen-bond donors (Lipinski definition) is 1. The number of amides is 3. The molecule has 1 aromatic carbocycles. The fraction of sp³-hybridized carbons (Fsp3) is 0.529. The summed E-state index contributed by atoms with van der Waals surface area (Å²) in [4.78, 5) is 27.5. The van der Waals surface area contributed by atoms with Crippen LogP contribution in [0.1, 0.15) is 32.3 Å². The lowest BCUT2D eigenvalue weighted by atomic mass is 10.0. The lowest BCUT2D eigenvalue weighted by Crippen LogP contribution is -2.51. The first-order valence-corrected chi connectivity index (χ1v) is 8.09. The Labute approximate surface area is 137 Å². The van der Waals surface area contributed by atoms with E-state index in [4.69, 9.17) is 4.74 Å². The summed E-state index contributed by atoms with van der Waals surface area (Å²) in [5.74, 6) is 0.340. The van der Waals surface area contributed by atoms with E-state index in [0.29, 0.717) is 38.7 Å². The number of hydrogen-bond acceptors (Lipinski definition) is 3. The van der Waals surface area contributed by atoms with Crippen molar-refractivity contribution in [1.82, 2.24) is 9.80 Å². The predicted octanol–water partition coefficient (Wildman–Crippen LogP) is 3.12. The molecular weight excluding hydrogens is 294 g/mol.